The molecule has 0 saturated heterocycles. The number of alkyl carbamates (subject to hydrolysis) is 1. The van der Waals surface area contributed by atoms with E-state index in [4.69, 9.17) is 4.74 Å². The highest BCUT2D eigenvalue weighted by molar-refractivity contribution is 7.09. The molecule has 0 aliphatic carbocycles. The number of thiazole rings is 1. The van der Waals surface area contributed by atoms with Crippen molar-refractivity contribution < 1.29 is 19.1 Å². The van der Waals surface area contributed by atoms with E-state index in [9.17, 15) is 9.59 Å². The summed E-state index contributed by atoms with van der Waals surface area (Å²) < 4.78 is 9.31. The summed E-state index contributed by atoms with van der Waals surface area (Å²) >= 11 is 1.39. The van der Waals surface area contributed by atoms with Gasteiger partial charge in [0, 0.05) is 6.20 Å². The van der Waals surface area contributed by atoms with Crippen LogP contribution in [0.5, 0.6) is 0 Å². The maximum absolute atomic E-state index is 11.2. The van der Waals surface area contributed by atoms with Crippen LogP contribution in [0, 0.1) is 0 Å². The first kappa shape index (κ1) is 12.4. The van der Waals surface area contributed by atoms with E-state index in [-0.39, 0.29) is 6.61 Å². The smallest absolute Gasteiger partial charge is 0.408 e. The summed E-state index contributed by atoms with van der Waals surface area (Å²) in [5.74, 6) is -0.519. The molecule has 1 N–H and O–H groups in total. The standard InChI is InChI=1S/C9H12N2O4S/c1-6(8(12)14-2)11-9(13)15-4-7-3-10-5-16-7/h3,5-6H,4H2,1-2H3,(H,11,13)/t6-/m0/s1. The van der Waals surface area contributed by atoms with Gasteiger partial charge in [0.15, 0.2) is 0 Å². The number of ether oxygens (including phenoxy) is 2. The fourth-order valence-corrected chi connectivity index (χ4v) is 1.41. The molecule has 88 valence electrons. The van der Waals surface area contributed by atoms with Gasteiger partial charge in [-0.05, 0) is 6.92 Å². The SMILES string of the molecule is COC(=O)[C@H](C)NC(=O)OCc1cncs1. The molecule has 0 radical (unpaired) electrons. The summed E-state index contributed by atoms with van der Waals surface area (Å²) in [6.07, 6.45) is 0.952. The second-order valence-corrected chi connectivity index (χ2v) is 3.90. The van der Waals surface area contributed by atoms with Crippen molar-refractivity contribution in [2.45, 2.75) is 19.6 Å². The summed E-state index contributed by atoms with van der Waals surface area (Å²) in [6.45, 7) is 1.66. The Morgan fingerprint density at radius 3 is 2.94 bits per heavy atom. The fraction of sp³-hybridized carbons (Fsp3) is 0.444. The van der Waals surface area contributed by atoms with E-state index < -0.39 is 18.1 Å². The van der Waals surface area contributed by atoms with Crippen LogP contribution in [-0.4, -0.2) is 30.2 Å². The number of hydrogen-bond acceptors (Lipinski definition) is 6. The molecule has 0 aromatic carbocycles. The van der Waals surface area contributed by atoms with Gasteiger partial charge in [0.2, 0.25) is 0 Å². The number of esters is 1. The molecule has 1 aromatic rings. The highest BCUT2D eigenvalue weighted by Gasteiger charge is 2.16. The Bertz CT molecular complexity index is 352. The number of amides is 1. The van der Waals surface area contributed by atoms with Gasteiger partial charge < -0.3 is 14.8 Å². The first-order chi connectivity index (χ1) is 7.63. The van der Waals surface area contributed by atoms with Crippen molar-refractivity contribution in [3.05, 3.63) is 16.6 Å². The molecule has 0 saturated carbocycles. The van der Waals surface area contributed by atoms with E-state index in [1.807, 2.05) is 0 Å². The lowest BCUT2D eigenvalue weighted by Crippen LogP contribution is -2.39. The van der Waals surface area contributed by atoms with E-state index in [2.05, 4.69) is 15.0 Å². The Labute approximate surface area is 96.6 Å². The fourth-order valence-electron chi connectivity index (χ4n) is 0.904. The monoisotopic (exact) mass is 244 g/mol. The molecule has 1 aromatic heterocycles. The van der Waals surface area contributed by atoms with Crippen molar-refractivity contribution >= 4 is 23.4 Å². The molecule has 0 unspecified atom stereocenters. The van der Waals surface area contributed by atoms with Crippen molar-refractivity contribution in [2.24, 2.45) is 0 Å². The molecular weight excluding hydrogens is 232 g/mol. The highest BCUT2D eigenvalue weighted by atomic mass is 32.1. The van der Waals surface area contributed by atoms with Crippen LogP contribution in [0.15, 0.2) is 11.7 Å². The van der Waals surface area contributed by atoms with Crippen LogP contribution in [0.1, 0.15) is 11.8 Å². The number of methoxy groups -OCH3 is 1. The van der Waals surface area contributed by atoms with Crippen LogP contribution in [0.3, 0.4) is 0 Å². The normalized spacial score (nSPS) is 11.6. The lowest BCUT2D eigenvalue weighted by molar-refractivity contribution is -0.142. The number of hydrogen-bond donors (Lipinski definition) is 1. The van der Waals surface area contributed by atoms with Gasteiger partial charge in [-0.15, -0.1) is 11.3 Å². The maximum Gasteiger partial charge on any atom is 0.408 e. The molecule has 0 spiro atoms. The van der Waals surface area contributed by atoms with Gasteiger partial charge in [0.05, 0.1) is 17.5 Å². The third-order valence-electron chi connectivity index (χ3n) is 1.72. The highest BCUT2D eigenvalue weighted by Crippen LogP contribution is 2.06. The van der Waals surface area contributed by atoms with Crippen molar-refractivity contribution in [1.82, 2.24) is 10.3 Å². The Hall–Kier alpha value is -1.63. The molecule has 0 aliphatic heterocycles. The van der Waals surface area contributed by atoms with Crippen LogP contribution in [0.4, 0.5) is 4.79 Å². The molecule has 0 aliphatic rings. The molecule has 6 nitrogen and oxygen atoms in total. The largest absolute Gasteiger partial charge is 0.467 e. The Balaban J connectivity index is 2.28. The minimum atomic E-state index is -0.723. The summed E-state index contributed by atoms with van der Waals surface area (Å²) in [6, 6.07) is -0.723. The van der Waals surface area contributed by atoms with Gasteiger partial charge in [-0.25, -0.2) is 9.59 Å². The number of carbonyl (C=O) groups is 2. The van der Waals surface area contributed by atoms with E-state index in [1.54, 1.807) is 11.7 Å². The summed E-state index contributed by atoms with van der Waals surface area (Å²) in [7, 11) is 1.25. The average molecular weight is 244 g/mol. The van der Waals surface area contributed by atoms with Crippen LogP contribution >= 0.6 is 11.3 Å². The molecule has 0 fully saturated rings. The second-order valence-electron chi connectivity index (χ2n) is 2.93. The maximum atomic E-state index is 11.2. The zero-order chi connectivity index (χ0) is 12.0. The molecule has 1 rings (SSSR count). The van der Waals surface area contributed by atoms with E-state index in [0.29, 0.717) is 0 Å². The molecule has 16 heavy (non-hydrogen) atoms. The zero-order valence-electron chi connectivity index (χ0n) is 8.93. The van der Waals surface area contributed by atoms with Crippen molar-refractivity contribution in [3.63, 3.8) is 0 Å². The molecule has 1 amide bonds. The summed E-state index contributed by atoms with van der Waals surface area (Å²) in [4.78, 5) is 26.9. The Morgan fingerprint density at radius 2 is 2.38 bits per heavy atom. The summed E-state index contributed by atoms with van der Waals surface area (Å²) in [5.41, 5.74) is 1.65. The topological polar surface area (TPSA) is 77.5 Å². The van der Waals surface area contributed by atoms with Crippen LogP contribution in [0.25, 0.3) is 0 Å². The van der Waals surface area contributed by atoms with Crippen LogP contribution < -0.4 is 5.32 Å². The molecule has 0 bridgehead atoms. The van der Waals surface area contributed by atoms with Crippen molar-refractivity contribution in [2.75, 3.05) is 7.11 Å². The quantitative estimate of drug-likeness (QED) is 0.797. The van der Waals surface area contributed by atoms with Crippen LogP contribution in [0.2, 0.25) is 0 Å². The first-order valence-electron chi connectivity index (χ1n) is 4.52. The molecule has 1 heterocycles. The molecular formula is C9H12N2O4S. The number of carbonyl (C=O) groups excluding carboxylic acids is 2. The van der Waals surface area contributed by atoms with Gasteiger partial charge in [-0.2, -0.15) is 0 Å². The number of nitrogens with one attached hydrogen (secondary N) is 1. The first-order valence-corrected chi connectivity index (χ1v) is 5.40. The minimum absolute atomic E-state index is 0.143. The Morgan fingerprint density at radius 1 is 1.62 bits per heavy atom. The van der Waals surface area contributed by atoms with Gasteiger partial charge >= 0.3 is 12.1 Å². The van der Waals surface area contributed by atoms with E-state index >= 15 is 0 Å². The van der Waals surface area contributed by atoms with Crippen molar-refractivity contribution in [3.8, 4) is 0 Å². The summed E-state index contributed by atoms with van der Waals surface area (Å²) in [5, 5.41) is 2.34. The second kappa shape index (κ2) is 6.06. The predicted octanol–water partition coefficient (Wildman–Crippen LogP) is 0.931. The average Bonchev–Trinajstić information content (AvgIpc) is 2.78. The van der Waals surface area contributed by atoms with Gasteiger partial charge in [0.1, 0.15) is 12.6 Å². The van der Waals surface area contributed by atoms with Crippen LogP contribution in [-0.2, 0) is 20.9 Å². The van der Waals surface area contributed by atoms with Gasteiger partial charge in [0.25, 0.3) is 0 Å². The lowest BCUT2D eigenvalue weighted by atomic mass is 10.3. The predicted molar refractivity (Wildman–Crippen MR) is 56.9 cm³/mol. The lowest BCUT2D eigenvalue weighted by Gasteiger charge is -2.11. The number of nitrogens with zero attached hydrogens (tertiary/aromatic N) is 1. The minimum Gasteiger partial charge on any atom is -0.467 e. The van der Waals surface area contributed by atoms with E-state index in [1.165, 1.54) is 25.4 Å². The third kappa shape index (κ3) is 3.85. The molecule has 1 atom stereocenters. The molecule has 7 heteroatoms. The van der Waals surface area contributed by atoms with E-state index in [0.717, 1.165) is 4.88 Å². The zero-order valence-corrected chi connectivity index (χ0v) is 9.74. The number of rotatable bonds is 4. The Kier molecular flexibility index (Phi) is 4.71. The van der Waals surface area contributed by atoms with Gasteiger partial charge in [-0.1, -0.05) is 0 Å². The third-order valence-corrected chi connectivity index (χ3v) is 2.47. The van der Waals surface area contributed by atoms with Crippen molar-refractivity contribution in [1.29, 1.82) is 0 Å². The number of aromatic nitrogens is 1. The van der Waals surface area contributed by atoms with Gasteiger partial charge in [-0.3, -0.25) is 4.98 Å².